The average molecular weight is 288 g/mol. The van der Waals surface area contributed by atoms with E-state index in [-0.39, 0.29) is 5.97 Å². The van der Waals surface area contributed by atoms with Crippen LogP contribution in [0.5, 0.6) is 0 Å². The number of nitrogens with zero attached hydrogens (tertiary/aromatic N) is 1. The lowest BCUT2D eigenvalue weighted by Crippen LogP contribution is -2.51. The summed E-state index contributed by atoms with van der Waals surface area (Å²) in [6, 6.07) is 0. The second kappa shape index (κ2) is 11.1. The summed E-state index contributed by atoms with van der Waals surface area (Å²) in [5.41, 5.74) is -0.575. The molecule has 0 amide bonds. The highest BCUT2D eigenvalue weighted by Crippen LogP contribution is 2.15. The summed E-state index contributed by atoms with van der Waals surface area (Å²) in [7, 11) is 3.78. The van der Waals surface area contributed by atoms with Crippen molar-refractivity contribution >= 4 is 5.97 Å². The number of hydrogen-bond donors (Lipinski definition) is 1. The molecular weight excluding hydrogens is 256 g/mol. The SMILES string of the molecule is CCCNC(C)(CCCN(C)CCOC)C(=O)OCC. The molecule has 20 heavy (non-hydrogen) atoms. The molecule has 0 saturated carbocycles. The van der Waals surface area contributed by atoms with Crippen LogP contribution in [0.25, 0.3) is 0 Å². The van der Waals surface area contributed by atoms with Crippen LogP contribution in [0.2, 0.25) is 0 Å². The molecule has 0 spiro atoms. The summed E-state index contributed by atoms with van der Waals surface area (Å²) in [5.74, 6) is -0.145. The van der Waals surface area contributed by atoms with Gasteiger partial charge in [-0.25, -0.2) is 0 Å². The van der Waals surface area contributed by atoms with Crippen LogP contribution in [0, 0.1) is 0 Å². The van der Waals surface area contributed by atoms with Gasteiger partial charge in [-0.05, 0) is 53.2 Å². The lowest BCUT2D eigenvalue weighted by atomic mass is 9.95. The number of nitrogens with one attached hydrogen (secondary N) is 1. The van der Waals surface area contributed by atoms with E-state index in [9.17, 15) is 4.79 Å². The first kappa shape index (κ1) is 19.4. The molecule has 0 aromatic heterocycles. The first-order valence-corrected chi connectivity index (χ1v) is 7.59. The fraction of sp³-hybridized carbons (Fsp3) is 0.933. The van der Waals surface area contributed by atoms with Crippen molar-refractivity contribution in [2.24, 2.45) is 0 Å². The van der Waals surface area contributed by atoms with Gasteiger partial charge in [-0.1, -0.05) is 6.92 Å². The average Bonchev–Trinajstić information content (AvgIpc) is 2.43. The van der Waals surface area contributed by atoms with Crippen LogP contribution in [0.1, 0.15) is 40.0 Å². The minimum Gasteiger partial charge on any atom is -0.465 e. The number of esters is 1. The molecule has 5 heteroatoms. The van der Waals surface area contributed by atoms with Gasteiger partial charge in [0.2, 0.25) is 0 Å². The summed E-state index contributed by atoms with van der Waals surface area (Å²) in [6.45, 7) is 9.73. The molecule has 0 aliphatic carbocycles. The Labute approximate surface area is 124 Å². The summed E-state index contributed by atoms with van der Waals surface area (Å²) in [4.78, 5) is 14.3. The van der Waals surface area contributed by atoms with Gasteiger partial charge in [-0.3, -0.25) is 4.79 Å². The van der Waals surface area contributed by atoms with Gasteiger partial charge in [0, 0.05) is 13.7 Å². The number of likely N-dealkylation sites (N-methyl/N-ethyl adjacent to an activating group) is 1. The first-order chi connectivity index (χ1) is 9.50. The van der Waals surface area contributed by atoms with Crippen molar-refractivity contribution in [1.29, 1.82) is 0 Å². The molecule has 0 saturated heterocycles. The minimum atomic E-state index is -0.575. The van der Waals surface area contributed by atoms with E-state index in [1.165, 1.54) is 0 Å². The van der Waals surface area contributed by atoms with Gasteiger partial charge in [0.15, 0.2) is 0 Å². The van der Waals surface area contributed by atoms with E-state index < -0.39 is 5.54 Å². The predicted octanol–water partition coefficient (Wildman–Crippen LogP) is 1.67. The third-order valence-electron chi connectivity index (χ3n) is 3.38. The summed E-state index contributed by atoms with van der Waals surface area (Å²) < 4.78 is 10.2. The molecule has 0 bridgehead atoms. The highest BCUT2D eigenvalue weighted by molar-refractivity contribution is 5.80. The number of carbonyl (C=O) groups excluding carboxylic acids is 1. The van der Waals surface area contributed by atoms with Gasteiger partial charge < -0.3 is 19.7 Å². The topological polar surface area (TPSA) is 50.8 Å². The zero-order valence-electron chi connectivity index (χ0n) is 13.8. The van der Waals surface area contributed by atoms with E-state index in [0.717, 1.165) is 45.5 Å². The Kier molecular flexibility index (Phi) is 10.7. The fourth-order valence-corrected chi connectivity index (χ4v) is 2.02. The zero-order chi connectivity index (χ0) is 15.4. The molecule has 0 aromatic carbocycles. The first-order valence-electron chi connectivity index (χ1n) is 7.59. The number of ether oxygens (including phenoxy) is 2. The molecule has 0 aliphatic rings. The largest absolute Gasteiger partial charge is 0.465 e. The Hall–Kier alpha value is -0.650. The van der Waals surface area contributed by atoms with Crippen molar-refractivity contribution < 1.29 is 14.3 Å². The second-order valence-corrected chi connectivity index (χ2v) is 5.38. The molecule has 1 atom stereocenters. The molecule has 0 aromatic rings. The quantitative estimate of drug-likeness (QED) is 0.554. The smallest absolute Gasteiger partial charge is 0.326 e. The third-order valence-corrected chi connectivity index (χ3v) is 3.38. The molecule has 1 unspecified atom stereocenters. The molecule has 120 valence electrons. The van der Waals surface area contributed by atoms with Gasteiger partial charge in [0.25, 0.3) is 0 Å². The summed E-state index contributed by atoms with van der Waals surface area (Å²) in [5, 5.41) is 3.33. The lowest BCUT2D eigenvalue weighted by Gasteiger charge is -2.29. The fourth-order valence-electron chi connectivity index (χ4n) is 2.02. The Balaban J connectivity index is 4.25. The van der Waals surface area contributed by atoms with E-state index in [1.807, 2.05) is 13.8 Å². The van der Waals surface area contributed by atoms with Crippen molar-refractivity contribution in [2.75, 3.05) is 47.0 Å². The Morgan fingerprint density at radius 1 is 1.30 bits per heavy atom. The van der Waals surface area contributed by atoms with Crippen molar-refractivity contribution in [1.82, 2.24) is 10.2 Å². The van der Waals surface area contributed by atoms with E-state index in [4.69, 9.17) is 9.47 Å². The van der Waals surface area contributed by atoms with E-state index >= 15 is 0 Å². The molecular formula is C15H32N2O3. The van der Waals surface area contributed by atoms with Crippen molar-refractivity contribution in [2.45, 2.75) is 45.6 Å². The maximum absolute atomic E-state index is 12.1. The standard InChI is InChI=1S/C15H32N2O3/c1-6-10-16-15(3,14(18)20-7-2)9-8-11-17(4)12-13-19-5/h16H,6-13H2,1-5H3. The number of methoxy groups -OCH3 is 1. The molecule has 0 radical (unpaired) electrons. The van der Waals surface area contributed by atoms with Crippen LogP contribution in [0.4, 0.5) is 0 Å². The highest BCUT2D eigenvalue weighted by atomic mass is 16.5. The highest BCUT2D eigenvalue weighted by Gasteiger charge is 2.33. The zero-order valence-corrected chi connectivity index (χ0v) is 13.8. The molecule has 0 aliphatic heterocycles. The summed E-state index contributed by atoms with van der Waals surface area (Å²) >= 11 is 0. The molecule has 0 heterocycles. The van der Waals surface area contributed by atoms with Crippen LogP contribution < -0.4 is 5.32 Å². The van der Waals surface area contributed by atoms with Crippen LogP contribution >= 0.6 is 0 Å². The third kappa shape index (κ3) is 7.82. The maximum Gasteiger partial charge on any atom is 0.326 e. The Bertz CT molecular complexity index is 262. The van der Waals surface area contributed by atoms with Gasteiger partial charge in [0.1, 0.15) is 5.54 Å². The second-order valence-electron chi connectivity index (χ2n) is 5.38. The van der Waals surface area contributed by atoms with Crippen molar-refractivity contribution in [3.63, 3.8) is 0 Å². The van der Waals surface area contributed by atoms with Crippen molar-refractivity contribution in [3.8, 4) is 0 Å². The number of rotatable bonds is 12. The molecule has 0 rings (SSSR count). The maximum atomic E-state index is 12.1. The van der Waals surface area contributed by atoms with E-state index in [0.29, 0.717) is 6.61 Å². The van der Waals surface area contributed by atoms with Gasteiger partial charge in [-0.2, -0.15) is 0 Å². The monoisotopic (exact) mass is 288 g/mol. The normalized spacial score (nSPS) is 14.3. The molecule has 1 N–H and O–H groups in total. The van der Waals surface area contributed by atoms with Gasteiger partial charge in [-0.15, -0.1) is 0 Å². The molecule has 5 nitrogen and oxygen atoms in total. The summed E-state index contributed by atoms with van der Waals surface area (Å²) in [6.07, 6.45) is 2.73. The predicted molar refractivity (Wildman–Crippen MR) is 81.9 cm³/mol. The Morgan fingerprint density at radius 3 is 2.55 bits per heavy atom. The molecule has 0 fully saturated rings. The van der Waals surface area contributed by atoms with Crippen LogP contribution in [0.3, 0.4) is 0 Å². The lowest BCUT2D eigenvalue weighted by molar-refractivity contribution is -0.150. The van der Waals surface area contributed by atoms with Crippen molar-refractivity contribution in [3.05, 3.63) is 0 Å². The van der Waals surface area contributed by atoms with E-state index in [2.05, 4.69) is 24.2 Å². The van der Waals surface area contributed by atoms with Gasteiger partial charge >= 0.3 is 5.97 Å². The van der Waals surface area contributed by atoms with Crippen LogP contribution in [-0.4, -0.2) is 63.4 Å². The Morgan fingerprint density at radius 2 is 2.00 bits per heavy atom. The minimum absolute atomic E-state index is 0.145. The number of carbonyl (C=O) groups is 1. The van der Waals surface area contributed by atoms with Crippen LogP contribution in [0.15, 0.2) is 0 Å². The van der Waals surface area contributed by atoms with Crippen LogP contribution in [-0.2, 0) is 14.3 Å². The number of hydrogen-bond acceptors (Lipinski definition) is 5. The van der Waals surface area contributed by atoms with E-state index in [1.54, 1.807) is 7.11 Å². The van der Waals surface area contributed by atoms with Gasteiger partial charge in [0.05, 0.1) is 13.2 Å².